The lowest BCUT2D eigenvalue weighted by Crippen LogP contribution is -2.30. The summed E-state index contributed by atoms with van der Waals surface area (Å²) in [5.74, 6) is 0.774. The van der Waals surface area contributed by atoms with Crippen molar-refractivity contribution in [3.05, 3.63) is 0 Å². The van der Waals surface area contributed by atoms with Crippen LogP contribution in [0.25, 0.3) is 0 Å². The van der Waals surface area contributed by atoms with Gasteiger partial charge in [0.2, 0.25) is 0 Å². The quantitative estimate of drug-likeness (QED) is 0.660. The molecule has 0 radical (unpaired) electrons. The normalized spacial score (nSPS) is 23.0. The van der Waals surface area contributed by atoms with Crippen molar-refractivity contribution in [2.24, 2.45) is 16.7 Å². The van der Waals surface area contributed by atoms with Gasteiger partial charge in [0.1, 0.15) is 0 Å². The average molecular weight is 221 g/mol. The van der Waals surface area contributed by atoms with Gasteiger partial charge in [0.25, 0.3) is 0 Å². The summed E-state index contributed by atoms with van der Waals surface area (Å²) in [6.45, 7) is 9.21. The van der Waals surface area contributed by atoms with E-state index in [1.54, 1.807) is 0 Å². The van der Waals surface area contributed by atoms with Gasteiger partial charge in [-0.2, -0.15) is 5.26 Å². The molecule has 1 aliphatic carbocycles. The van der Waals surface area contributed by atoms with E-state index in [0.717, 1.165) is 25.2 Å². The maximum absolute atomic E-state index is 9.43. The highest BCUT2D eigenvalue weighted by Crippen LogP contribution is 2.47. The van der Waals surface area contributed by atoms with Gasteiger partial charge < -0.3 is 0 Å². The Labute approximate surface area is 101 Å². The molecule has 0 bridgehead atoms. The van der Waals surface area contributed by atoms with Crippen molar-refractivity contribution in [2.45, 2.75) is 72.6 Å². The lowest BCUT2D eigenvalue weighted by molar-refractivity contribution is 0.135. The van der Waals surface area contributed by atoms with Crippen LogP contribution in [0.3, 0.4) is 0 Å². The molecule has 1 saturated carbocycles. The van der Waals surface area contributed by atoms with E-state index in [2.05, 4.69) is 33.8 Å². The Balaban J connectivity index is 2.45. The van der Waals surface area contributed by atoms with Crippen LogP contribution in [-0.4, -0.2) is 0 Å². The molecule has 1 fully saturated rings. The molecule has 0 aromatic heterocycles. The van der Waals surface area contributed by atoms with Crippen molar-refractivity contribution in [3.8, 4) is 6.07 Å². The SMILES string of the molecule is CC(C)CCCC1(C#N)CCC(C)(C)CC1. The van der Waals surface area contributed by atoms with Gasteiger partial charge in [-0.1, -0.05) is 40.5 Å². The number of nitriles is 1. The van der Waals surface area contributed by atoms with Crippen LogP contribution >= 0.6 is 0 Å². The van der Waals surface area contributed by atoms with Crippen LogP contribution in [-0.2, 0) is 0 Å². The molecule has 1 rings (SSSR count). The molecule has 0 spiro atoms. The third kappa shape index (κ3) is 3.81. The fourth-order valence-electron chi connectivity index (χ4n) is 2.67. The first-order valence-electron chi connectivity index (χ1n) is 6.80. The van der Waals surface area contributed by atoms with Gasteiger partial charge in [-0.05, 0) is 43.4 Å². The van der Waals surface area contributed by atoms with Crippen LogP contribution < -0.4 is 0 Å². The Morgan fingerprint density at radius 3 is 2.12 bits per heavy atom. The zero-order chi connectivity index (χ0) is 12.2. The van der Waals surface area contributed by atoms with Crippen molar-refractivity contribution in [3.63, 3.8) is 0 Å². The smallest absolute Gasteiger partial charge is 0.0689 e. The molecule has 16 heavy (non-hydrogen) atoms. The Morgan fingerprint density at radius 2 is 1.69 bits per heavy atom. The average Bonchev–Trinajstić information content (AvgIpc) is 2.21. The number of nitrogens with zero attached hydrogens (tertiary/aromatic N) is 1. The summed E-state index contributed by atoms with van der Waals surface area (Å²) in [7, 11) is 0. The largest absolute Gasteiger partial charge is 0.198 e. The van der Waals surface area contributed by atoms with Crippen LogP contribution in [0.1, 0.15) is 72.6 Å². The summed E-state index contributed by atoms with van der Waals surface area (Å²) in [4.78, 5) is 0. The van der Waals surface area contributed by atoms with E-state index in [0.29, 0.717) is 5.41 Å². The third-order valence-electron chi connectivity index (χ3n) is 4.23. The first kappa shape index (κ1) is 13.6. The Hall–Kier alpha value is -0.510. The van der Waals surface area contributed by atoms with Gasteiger partial charge in [0, 0.05) is 0 Å². The minimum atomic E-state index is 0.0183. The van der Waals surface area contributed by atoms with Gasteiger partial charge >= 0.3 is 0 Å². The second-order valence-corrected chi connectivity index (χ2v) is 6.84. The molecule has 0 aromatic rings. The summed E-state index contributed by atoms with van der Waals surface area (Å²) in [5, 5.41) is 9.43. The zero-order valence-electron chi connectivity index (χ0n) is 11.5. The zero-order valence-corrected chi connectivity index (χ0v) is 11.5. The topological polar surface area (TPSA) is 23.8 Å². The highest BCUT2D eigenvalue weighted by molar-refractivity contribution is 5.02. The van der Waals surface area contributed by atoms with E-state index < -0.39 is 0 Å². The predicted octanol–water partition coefficient (Wildman–Crippen LogP) is 4.92. The Morgan fingerprint density at radius 1 is 1.12 bits per heavy atom. The third-order valence-corrected chi connectivity index (χ3v) is 4.23. The molecular weight excluding hydrogens is 194 g/mol. The fourth-order valence-corrected chi connectivity index (χ4v) is 2.67. The van der Waals surface area contributed by atoms with Crippen LogP contribution in [0.15, 0.2) is 0 Å². The first-order valence-corrected chi connectivity index (χ1v) is 6.80. The van der Waals surface area contributed by atoms with Gasteiger partial charge in [-0.15, -0.1) is 0 Å². The molecule has 0 amide bonds. The Bertz CT molecular complexity index is 247. The van der Waals surface area contributed by atoms with Crippen molar-refractivity contribution in [2.75, 3.05) is 0 Å². The van der Waals surface area contributed by atoms with Gasteiger partial charge in [-0.25, -0.2) is 0 Å². The van der Waals surface area contributed by atoms with E-state index in [4.69, 9.17) is 0 Å². The molecule has 0 unspecified atom stereocenters. The standard InChI is InChI=1S/C15H27N/c1-13(2)6-5-7-15(12-16)10-8-14(3,4)9-11-15/h13H,5-11H2,1-4H3. The lowest BCUT2D eigenvalue weighted by Gasteiger charge is -2.39. The summed E-state index contributed by atoms with van der Waals surface area (Å²) in [6.07, 6.45) is 8.31. The van der Waals surface area contributed by atoms with Crippen LogP contribution in [0, 0.1) is 28.1 Å². The molecule has 0 aromatic carbocycles. The molecule has 1 aliphatic rings. The van der Waals surface area contributed by atoms with Crippen LogP contribution in [0.5, 0.6) is 0 Å². The van der Waals surface area contributed by atoms with Crippen molar-refractivity contribution in [1.29, 1.82) is 5.26 Å². The van der Waals surface area contributed by atoms with E-state index >= 15 is 0 Å². The summed E-state index contributed by atoms with van der Waals surface area (Å²) in [5.41, 5.74) is 0.489. The molecule has 1 nitrogen and oxygen atoms in total. The Kier molecular flexibility index (Phi) is 4.42. The van der Waals surface area contributed by atoms with Crippen molar-refractivity contribution < 1.29 is 0 Å². The molecule has 0 heterocycles. The lowest BCUT2D eigenvalue weighted by atomic mass is 9.64. The number of rotatable bonds is 4. The van der Waals surface area contributed by atoms with Crippen LogP contribution in [0.2, 0.25) is 0 Å². The number of hydrogen-bond donors (Lipinski definition) is 0. The molecule has 0 N–H and O–H groups in total. The molecular formula is C15H27N. The maximum atomic E-state index is 9.43. The minimum absolute atomic E-state index is 0.0183. The maximum Gasteiger partial charge on any atom is 0.0689 e. The van der Waals surface area contributed by atoms with Gasteiger partial charge in [0.15, 0.2) is 0 Å². The molecule has 1 heteroatoms. The van der Waals surface area contributed by atoms with E-state index in [1.807, 2.05) is 0 Å². The van der Waals surface area contributed by atoms with Gasteiger partial charge in [-0.3, -0.25) is 0 Å². The summed E-state index contributed by atoms with van der Waals surface area (Å²) < 4.78 is 0. The van der Waals surface area contributed by atoms with Gasteiger partial charge in [0.05, 0.1) is 11.5 Å². The van der Waals surface area contributed by atoms with Crippen molar-refractivity contribution in [1.82, 2.24) is 0 Å². The molecule has 0 aliphatic heterocycles. The molecule has 0 atom stereocenters. The van der Waals surface area contributed by atoms with E-state index in [-0.39, 0.29) is 5.41 Å². The van der Waals surface area contributed by atoms with Crippen LogP contribution in [0.4, 0.5) is 0 Å². The summed E-state index contributed by atoms with van der Waals surface area (Å²) in [6, 6.07) is 2.63. The highest BCUT2D eigenvalue weighted by Gasteiger charge is 2.37. The number of hydrogen-bond acceptors (Lipinski definition) is 1. The van der Waals surface area contributed by atoms with Crippen molar-refractivity contribution >= 4 is 0 Å². The monoisotopic (exact) mass is 221 g/mol. The van der Waals surface area contributed by atoms with E-state index in [1.165, 1.54) is 25.7 Å². The molecule has 92 valence electrons. The summed E-state index contributed by atoms with van der Waals surface area (Å²) >= 11 is 0. The highest BCUT2D eigenvalue weighted by atomic mass is 14.4. The first-order chi connectivity index (χ1) is 7.39. The minimum Gasteiger partial charge on any atom is -0.198 e. The van der Waals surface area contributed by atoms with E-state index in [9.17, 15) is 5.26 Å². The second kappa shape index (κ2) is 5.21. The fraction of sp³-hybridized carbons (Fsp3) is 0.933. The second-order valence-electron chi connectivity index (χ2n) is 6.84. The molecule has 0 saturated heterocycles. The predicted molar refractivity (Wildman–Crippen MR) is 69.0 cm³/mol.